The van der Waals surface area contributed by atoms with Gasteiger partial charge in [-0.2, -0.15) is 0 Å². The highest BCUT2D eigenvalue weighted by Gasteiger charge is 2.01. The van der Waals surface area contributed by atoms with Crippen LogP contribution in [0.3, 0.4) is 0 Å². The zero-order valence-electron chi connectivity index (χ0n) is 10.4. The molecule has 1 heterocycles. The molecule has 1 aromatic heterocycles. The SMILES string of the molecule is CC#CCCn1ccc2cc(OCC)ccc21. The van der Waals surface area contributed by atoms with E-state index >= 15 is 0 Å². The van der Waals surface area contributed by atoms with Crippen LogP contribution in [0, 0.1) is 11.8 Å². The van der Waals surface area contributed by atoms with Crippen molar-refractivity contribution in [2.75, 3.05) is 6.61 Å². The zero-order valence-corrected chi connectivity index (χ0v) is 10.4. The number of hydrogen-bond acceptors (Lipinski definition) is 1. The van der Waals surface area contributed by atoms with E-state index < -0.39 is 0 Å². The highest BCUT2D eigenvalue weighted by atomic mass is 16.5. The molecule has 1 aromatic carbocycles. The Kier molecular flexibility index (Phi) is 3.72. The summed E-state index contributed by atoms with van der Waals surface area (Å²) in [6.07, 6.45) is 3.01. The Morgan fingerprint density at radius 3 is 2.94 bits per heavy atom. The number of rotatable bonds is 4. The summed E-state index contributed by atoms with van der Waals surface area (Å²) in [5.41, 5.74) is 1.24. The average molecular weight is 227 g/mol. The summed E-state index contributed by atoms with van der Waals surface area (Å²) in [5, 5.41) is 1.22. The molecule has 88 valence electrons. The molecule has 17 heavy (non-hydrogen) atoms. The highest BCUT2D eigenvalue weighted by Crippen LogP contribution is 2.22. The fourth-order valence-electron chi connectivity index (χ4n) is 1.93. The lowest BCUT2D eigenvalue weighted by Gasteiger charge is -2.05. The topological polar surface area (TPSA) is 14.2 Å². The molecular formula is C15H17NO. The summed E-state index contributed by atoms with van der Waals surface area (Å²) >= 11 is 0. The molecular weight excluding hydrogens is 210 g/mol. The highest BCUT2D eigenvalue weighted by molar-refractivity contribution is 5.81. The Hall–Kier alpha value is -1.88. The maximum absolute atomic E-state index is 5.49. The Morgan fingerprint density at radius 1 is 1.29 bits per heavy atom. The average Bonchev–Trinajstić information content (AvgIpc) is 2.73. The van der Waals surface area contributed by atoms with Crippen LogP contribution in [0.4, 0.5) is 0 Å². The van der Waals surface area contributed by atoms with Gasteiger partial charge in [0.1, 0.15) is 5.75 Å². The van der Waals surface area contributed by atoms with Crippen LogP contribution in [0.25, 0.3) is 10.9 Å². The van der Waals surface area contributed by atoms with Gasteiger partial charge < -0.3 is 9.30 Å². The van der Waals surface area contributed by atoms with E-state index in [0.29, 0.717) is 6.61 Å². The first kappa shape index (κ1) is 11.6. The minimum atomic E-state index is 0.707. The first-order valence-corrected chi connectivity index (χ1v) is 5.96. The van der Waals surface area contributed by atoms with Gasteiger partial charge >= 0.3 is 0 Å². The van der Waals surface area contributed by atoms with Crippen LogP contribution < -0.4 is 4.74 Å². The number of nitrogens with zero attached hydrogens (tertiary/aromatic N) is 1. The van der Waals surface area contributed by atoms with Gasteiger partial charge in [0, 0.05) is 30.1 Å². The minimum Gasteiger partial charge on any atom is -0.494 e. The van der Waals surface area contributed by atoms with E-state index in [4.69, 9.17) is 4.74 Å². The number of aromatic nitrogens is 1. The molecule has 0 fully saturated rings. The number of hydrogen-bond donors (Lipinski definition) is 0. The smallest absolute Gasteiger partial charge is 0.120 e. The molecule has 2 aromatic rings. The van der Waals surface area contributed by atoms with Gasteiger partial charge in [0.05, 0.1) is 6.61 Å². The van der Waals surface area contributed by atoms with Gasteiger partial charge in [-0.1, -0.05) is 0 Å². The predicted octanol–water partition coefficient (Wildman–Crippen LogP) is 3.45. The molecule has 0 aliphatic carbocycles. The van der Waals surface area contributed by atoms with Crippen molar-refractivity contribution in [1.82, 2.24) is 4.57 Å². The molecule has 0 aliphatic rings. The zero-order chi connectivity index (χ0) is 12.1. The molecule has 0 unspecified atom stereocenters. The molecule has 0 radical (unpaired) electrons. The van der Waals surface area contributed by atoms with Crippen LogP contribution in [0.1, 0.15) is 20.3 Å². The lowest BCUT2D eigenvalue weighted by atomic mass is 10.2. The van der Waals surface area contributed by atoms with Crippen molar-refractivity contribution in [3.8, 4) is 17.6 Å². The molecule has 0 amide bonds. The maximum Gasteiger partial charge on any atom is 0.120 e. The molecule has 2 heteroatoms. The van der Waals surface area contributed by atoms with E-state index in [9.17, 15) is 0 Å². The maximum atomic E-state index is 5.49. The Labute approximate surface area is 102 Å². The summed E-state index contributed by atoms with van der Waals surface area (Å²) in [6, 6.07) is 8.34. The van der Waals surface area contributed by atoms with Crippen molar-refractivity contribution in [3.63, 3.8) is 0 Å². The number of benzene rings is 1. The molecule has 2 rings (SSSR count). The second-order valence-corrected chi connectivity index (χ2v) is 3.84. The van der Waals surface area contributed by atoms with Crippen LogP contribution in [-0.4, -0.2) is 11.2 Å². The Bertz CT molecular complexity index is 557. The van der Waals surface area contributed by atoms with Gasteiger partial charge in [0.2, 0.25) is 0 Å². The van der Waals surface area contributed by atoms with Crippen LogP contribution in [-0.2, 0) is 6.54 Å². The Balaban J connectivity index is 2.24. The third kappa shape index (κ3) is 2.62. The second kappa shape index (κ2) is 5.45. The van der Waals surface area contributed by atoms with Crippen LogP contribution >= 0.6 is 0 Å². The normalized spacial score (nSPS) is 10.0. The van der Waals surface area contributed by atoms with Crippen LogP contribution in [0.5, 0.6) is 5.75 Å². The molecule has 0 aliphatic heterocycles. The van der Waals surface area contributed by atoms with E-state index in [1.165, 1.54) is 10.9 Å². The van der Waals surface area contributed by atoms with Gasteiger partial charge in [-0.3, -0.25) is 0 Å². The minimum absolute atomic E-state index is 0.707. The van der Waals surface area contributed by atoms with Gasteiger partial charge in [-0.05, 0) is 38.1 Å². The molecule has 0 saturated heterocycles. The van der Waals surface area contributed by atoms with Crippen LogP contribution in [0.2, 0.25) is 0 Å². The third-order valence-corrected chi connectivity index (χ3v) is 2.71. The summed E-state index contributed by atoms with van der Waals surface area (Å²) in [5.74, 6) is 6.94. The van der Waals surface area contributed by atoms with E-state index in [2.05, 4.69) is 40.8 Å². The van der Waals surface area contributed by atoms with Crippen molar-refractivity contribution < 1.29 is 4.74 Å². The monoisotopic (exact) mass is 227 g/mol. The molecule has 0 bridgehead atoms. The standard InChI is InChI=1S/C15H17NO/c1-3-5-6-10-16-11-9-13-12-14(17-4-2)7-8-15(13)16/h7-9,11-12H,4,6,10H2,1-2H3. The van der Waals surface area contributed by atoms with Gasteiger partial charge in [0.25, 0.3) is 0 Å². The van der Waals surface area contributed by atoms with Gasteiger partial charge in [-0.15, -0.1) is 11.8 Å². The van der Waals surface area contributed by atoms with Gasteiger partial charge in [-0.25, -0.2) is 0 Å². The van der Waals surface area contributed by atoms with Crippen LogP contribution in [0.15, 0.2) is 30.5 Å². The summed E-state index contributed by atoms with van der Waals surface area (Å²) in [6.45, 7) is 5.53. The number of ether oxygens (including phenoxy) is 1. The first-order valence-electron chi connectivity index (χ1n) is 5.96. The molecule has 0 atom stereocenters. The van der Waals surface area contributed by atoms with Crippen molar-refractivity contribution >= 4 is 10.9 Å². The lowest BCUT2D eigenvalue weighted by Crippen LogP contribution is -1.95. The summed E-state index contributed by atoms with van der Waals surface area (Å²) in [7, 11) is 0. The fraction of sp³-hybridized carbons (Fsp3) is 0.333. The van der Waals surface area contributed by atoms with Gasteiger partial charge in [0.15, 0.2) is 0 Å². The Morgan fingerprint density at radius 2 is 2.18 bits per heavy atom. The summed E-state index contributed by atoms with van der Waals surface area (Å²) in [4.78, 5) is 0. The fourth-order valence-corrected chi connectivity index (χ4v) is 1.93. The molecule has 2 nitrogen and oxygen atoms in total. The summed E-state index contributed by atoms with van der Waals surface area (Å²) < 4.78 is 7.72. The molecule has 0 spiro atoms. The second-order valence-electron chi connectivity index (χ2n) is 3.84. The largest absolute Gasteiger partial charge is 0.494 e. The third-order valence-electron chi connectivity index (χ3n) is 2.71. The van der Waals surface area contributed by atoms with E-state index in [0.717, 1.165) is 18.7 Å². The van der Waals surface area contributed by atoms with E-state index in [1.54, 1.807) is 0 Å². The number of fused-ring (bicyclic) bond motifs is 1. The molecule has 0 saturated carbocycles. The lowest BCUT2D eigenvalue weighted by molar-refractivity contribution is 0.340. The van der Waals surface area contributed by atoms with E-state index in [-0.39, 0.29) is 0 Å². The first-order chi connectivity index (χ1) is 8.35. The molecule has 0 N–H and O–H groups in total. The quantitative estimate of drug-likeness (QED) is 0.730. The van der Waals surface area contributed by atoms with Crippen molar-refractivity contribution in [1.29, 1.82) is 0 Å². The van der Waals surface area contributed by atoms with Crippen molar-refractivity contribution in [2.45, 2.75) is 26.8 Å². The number of aryl methyl sites for hydroxylation is 1. The van der Waals surface area contributed by atoms with Crippen molar-refractivity contribution in [3.05, 3.63) is 30.5 Å². The predicted molar refractivity (Wildman–Crippen MR) is 71.2 cm³/mol. The van der Waals surface area contributed by atoms with Crippen molar-refractivity contribution in [2.24, 2.45) is 0 Å². The van der Waals surface area contributed by atoms with E-state index in [1.807, 2.05) is 19.9 Å².